The standard InChI is InChI=1S/C22H17ClN4O/c23-17-6-8-18(9-7-17)27-22(28)21-20(4-2-12-25-21)26-14-15-5-10-19-16(13-15)3-1-11-24-19/h1-13,26H,14H2,(H,27,28). The first kappa shape index (κ1) is 17.9. The average Bonchev–Trinajstić information content (AvgIpc) is 2.74. The Kier molecular flexibility index (Phi) is 5.17. The molecule has 6 heteroatoms. The highest BCUT2D eigenvalue weighted by Gasteiger charge is 2.13. The fraction of sp³-hybridized carbons (Fsp3) is 0.0455. The third-order valence-corrected chi connectivity index (χ3v) is 4.53. The lowest BCUT2D eigenvalue weighted by molar-refractivity contribution is 0.102. The topological polar surface area (TPSA) is 66.9 Å². The number of hydrogen-bond acceptors (Lipinski definition) is 4. The molecule has 0 fully saturated rings. The number of anilines is 2. The first-order valence-corrected chi connectivity index (χ1v) is 9.16. The van der Waals surface area contributed by atoms with Crippen LogP contribution in [-0.2, 0) is 6.54 Å². The van der Waals surface area contributed by atoms with Crippen LogP contribution in [0.5, 0.6) is 0 Å². The monoisotopic (exact) mass is 388 g/mol. The van der Waals surface area contributed by atoms with Crippen molar-refractivity contribution in [1.82, 2.24) is 9.97 Å². The van der Waals surface area contributed by atoms with Gasteiger partial charge in [-0.1, -0.05) is 23.7 Å². The Morgan fingerprint density at radius 3 is 2.57 bits per heavy atom. The van der Waals surface area contributed by atoms with Crippen LogP contribution in [-0.4, -0.2) is 15.9 Å². The third-order valence-electron chi connectivity index (χ3n) is 4.28. The van der Waals surface area contributed by atoms with Crippen molar-refractivity contribution >= 4 is 39.8 Å². The second-order valence-corrected chi connectivity index (χ2v) is 6.68. The molecule has 28 heavy (non-hydrogen) atoms. The summed E-state index contributed by atoms with van der Waals surface area (Å²) in [6, 6.07) is 20.6. The molecule has 2 N–H and O–H groups in total. The molecule has 0 unspecified atom stereocenters. The number of carbonyl (C=O) groups excluding carboxylic acids is 1. The zero-order valence-corrected chi connectivity index (χ0v) is 15.6. The third kappa shape index (κ3) is 4.10. The van der Waals surface area contributed by atoms with Crippen molar-refractivity contribution in [2.45, 2.75) is 6.54 Å². The van der Waals surface area contributed by atoms with Crippen LogP contribution in [0.3, 0.4) is 0 Å². The molecule has 2 heterocycles. The molecule has 2 aromatic heterocycles. The molecule has 0 aliphatic rings. The van der Waals surface area contributed by atoms with Gasteiger partial charge in [0.2, 0.25) is 0 Å². The van der Waals surface area contributed by atoms with Gasteiger partial charge in [-0.15, -0.1) is 0 Å². The van der Waals surface area contributed by atoms with Crippen molar-refractivity contribution in [3.05, 3.63) is 95.4 Å². The molecule has 0 radical (unpaired) electrons. The SMILES string of the molecule is O=C(Nc1ccc(Cl)cc1)c1ncccc1NCc1ccc2ncccc2c1. The summed E-state index contributed by atoms with van der Waals surface area (Å²) in [5.41, 5.74) is 3.71. The maximum Gasteiger partial charge on any atom is 0.276 e. The quantitative estimate of drug-likeness (QED) is 0.496. The van der Waals surface area contributed by atoms with Gasteiger partial charge in [0.05, 0.1) is 11.2 Å². The molecule has 4 rings (SSSR count). The number of nitrogens with zero attached hydrogens (tertiary/aromatic N) is 2. The van der Waals surface area contributed by atoms with Gasteiger partial charge in [-0.05, 0) is 60.2 Å². The van der Waals surface area contributed by atoms with E-state index in [9.17, 15) is 4.79 Å². The highest BCUT2D eigenvalue weighted by Crippen LogP contribution is 2.19. The molecule has 4 aromatic rings. The van der Waals surface area contributed by atoms with Gasteiger partial charge >= 0.3 is 0 Å². The molecular weight excluding hydrogens is 372 g/mol. The van der Waals surface area contributed by atoms with Gasteiger partial charge in [-0.25, -0.2) is 4.98 Å². The summed E-state index contributed by atoms with van der Waals surface area (Å²) in [5.74, 6) is -0.284. The smallest absolute Gasteiger partial charge is 0.276 e. The summed E-state index contributed by atoms with van der Waals surface area (Å²) in [6.07, 6.45) is 3.38. The summed E-state index contributed by atoms with van der Waals surface area (Å²) >= 11 is 5.89. The van der Waals surface area contributed by atoms with E-state index >= 15 is 0 Å². The Hall–Kier alpha value is -3.44. The van der Waals surface area contributed by atoms with Crippen molar-refractivity contribution in [2.75, 3.05) is 10.6 Å². The molecule has 0 aliphatic carbocycles. The Morgan fingerprint density at radius 2 is 1.71 bits per heavy atom. The van der Waals surface area contributed by atoms with Gasteiger partial charge in [0.25, 0.3) is 5.91 Å². The van der Waals surface area contributed by atoms with Crippen LogP contribution < -0.4 is 10.6 Å². The number of fused-ring (bicyclic) bond motifs is 1. The van der Waals surface area contributed by atoms with Gasteiger partial charge < -0.3 is 10.6 Å². The zero-order valence-electron chi connectivity index (χ0n) is 14.9. The van der Waals surface area contributed by atoms with E-state index in [1.807, 2.05) is 30.3 Å². The summed E-state index contributed by atoms with van der Waals surface area (Å²) in [5, 5.41) is 7.84. The van der Waals surface area contributed by atoms with Crippen molar-refractivity contribution in [3.8, 4) is 0 Å². The van der Waals surface area contributed by atoms with Crippen molar-refractivity contribution in [3.63, 3.8) is 0 Å². The molecule has 0 bridgehead atoms. The lowest BCUT2D eigenvalue weighted by Crippen LogP contribution is -2.16. The summed E-state index contributed by atoms with van der Waals surface area (Å²) in [6.45, 7) is 0.567. The van der Waals surface area contributed by atoms with Gasteiger partial charge in [-0.3, -0.25) is 9.78 Å². The first-order valence-electron chi connectivity index (χ1n) is 8.78. The second kappa shape index (κ2) is 8.06. The minimum Gasteiger partial charge on any atom is -0.379 e. The van der Waals surface area contributed by atoms with E-state index in [4.69, 9.17) is 11.6 Å². The molecule has 5 nitrogen and oxygen atoms in total. The summed E-state index contributed by atoms with van der Waals surface area (Å²) < 4.78 is 0. The van der Waals surface area contributed by atoms with Crippen LogP contribution in [0.2, 0.25) is 5.02 Å². The van der Waals surface area contributed by atoms with Crippen molar-refractivity contribution < 1.29 is 4.79 Å². The van der Waals surface area contributed by atoms with Gasteiger partial charge in [0.1, 0.15) is 0 Å². The molecule has 0 saturated carbocycles. The van der Waals surface area contributed by atoms with E-state index in [1.165, 1.54) is 0 Å². The molecule has 0 atom stereocenters. The van der Waals surface area contributed by atoms with E-state index < -0.39 is 0 Å². The van der Waals surface area contributed by atoms with E-state index in [2.05, 4.69) is 26.7 Å². The first-order chi connectivity index (χ1) is 13.7. The number of carbonyl (C=O) groups is 1. The molecule has 0 aliphatic heterocycles. The fourth-order valence-electron chi connectivity index (χ4n) is 2.88. The lowest BCUT2D eigenvalue weighted by atomic mass is 10.1. The molecule has 1 amide bonds. The molecule has 0 saturated heterocycles. The predicted octanol–water partition coefficient (Wildman–Crippen LogP) is 5.15. The van der Waals surface area contributed by atoms with Crippen molar-refractivity contribution in [2.24, 2.45) is 0 Å². The highest BCUT2D eigenvalue weighted by molar-refractivity contribution is 6.30. The zero-order chi connectivity index (χ0) is 19.3. The molecule has 2 aromatic carbocycles. The van der Waals surface area contributed by atoms with Crippen LogP contribution in [0.25, 0.3) is 10.9 Å². The van der Waals surface area contributed by atoms with Crippen molar-refractivity contribution in [1.29, 1.82) is 0 Å². The Morgan fingerprint density at radius 1 is 0.929 bits per heavy atom. The van der Waals surface area contributed by atoms with E-state index in [0.29, 0.717) is 28.6 Å². The van der Waals surface area contributed by atoms with Gasteiger partial charge in [0.15, 0.2) is 5.69 Å². The average molecular weight is 389 g/mol. The normalized spacial score (nSPS) is 10.6. The minimum absolute atomic E-state index is 0.284. The van der Waals surface area contributed by atoms with Crippen LogP contribution in [0.15, 0.2) is 79.1 Å². The maximum atomic E-state index is 12.7. The number of hydrogen-bond donors (Lipinski definition) is 2. The number of aromatic nitrogens is 2. The van der Waals surface area contributed by atoms with E-state index in [-0.39, 0.29) is 5.91 Å². The van der Waals surface area contributed by atoms with Crippen LogP contribution in [0, 0.1) is 0 Å². The van der Waals surface area contributed by atoms with Crippen LogP contribution >= 0.6 is 11.6 Å². The Labute approximate surface area is 167 Å². The predicted molar refractivity (Wildman–Crippen MR) is 113 cm³/mol. The number of benzene rings is 2. The summed E-state index contributed by atoms with van der Waals surface area (Å²) in [4.78, 5) is 21.2. The fourth-order valence-corrected chi connectivity index (χ4v) is 3.01. The highest BCUT2D eigenvalue weighted by atomic mass is 35.5. The maximum absolute atomic E-state index is 12.7. The Bertz CT molecular complexity index is 1130. The largest absolute Gasteiger partial charge is 0.379 e. The second-order valence-electron chi connectivity index (χ2n) is 6.24. The number of pyridine rings is 2. The number of amides is 1. The molecule has 138 valence electrons. The summed E-state index contributed by atoms with van der Waals surface area (Å²) in [7, 11) is 0. The van der Waals surface area contributed by atoms with Crippen LogP contribution in [0.1, 0.15) is 16.1 Å². The minimum atomic E-state index is -0.284. The lowest BCUT2D eigenvalue weighted by Gasteiger charge is -2.12. The Balaban J connectivity index is 1.50. The number of halogens is 1. The van der Waals surface area contributed by atoms with Crippen LogP contribution in [0.4, 0.5) is 11.4 Å². The van der Waals surface area contributed by atoms with Gasteiger partial charge in [0, 0.05) is 35.0 Å². The van der Waals surface area contributed by atoms with Gasteiger partial charge in [-0.2, -0.15) is 0 Å². The van der Waals surface area contributed by atoms with E-state index in [1.54, 1.807) is 42.7 Å². The number of rotatable bonds is 5. The number of nitrogens with one attached hydrogen (secondary N) is 2. The van der Waals surface area contributed by atoms with E-state index in [0.717, 1.165) is 16.5 Å². The molecule has 0 spiro atoms. The molecular formula is C22H17ClN4O.